The second-order valence-electron chi connectivity index (χ2n) is 3.45. The highest BCUT2D eigenvalue weighted by molar-refractivity contribution is 7.74. The molecule has 0 aromatic rings. The zero-order chi connectivity index (χ0) is 10.2. The summed E-state index contributed by atoms with van der Waals surface area (Å²) in [4.78, 5) is 0. The topological polar surface area (TPSA) is 53.0 Å². The summed E-state index contributed by atoms with van der Waals surface area (Å²) in [5, 5.41) is 3.84. The van der Waals surface area contributed by atoms with Crippen LogP contribution >= 0.6 is 0 Å². The van der Waals surface area contributed by atoms with Crippen LogP contribution < -0.4 is 0 Å². The lowest BCUT2D eigenvalue weighted by atomic mass is 10.0. The van der Waals surface area contributed by atoms with E-state index in [1.165, 1.54) is 0 Å². The SMILES string of the molecule is CC1C(C)N(C)N(C)C1OS(=O)O. The maximum Gasteiger partial charge on any atom is 0.303 e. The molecule has 13 heavy (non-hydrogen) atoms. The van der Waals surface area contributed by atoms with Gasteiger partial charge in [-0.05, 0) is 6.92 Å². The number of hydrogen-bond acceptors (Lipinski definition) is 4. The average Bonchev–Trinajstić information content (AvgIpc) is 2.22. The minimum Gasteiger partial charge on any atom is -0.284 e. The molecule has 1 rings (SSSR count). The second kappa shape index (κ2) is 4.02. The van der Waals surface area contributed by atoms with Crippen LogP contribution in [0, 0.1) is 5.92 Å². The molecule has 1 saturated heterocycles. The molecule has 1 fully saturated rings. The molecule has 0 aliphatic carbocycles. The quantitative estimate of drug-likeness (QED) is 0.661. The molecule has 5 nitrogen and oxygen atoms in total. The van der Waals surface area contributed by atoms with Crippen molar-refractivity contribution in [2.75, 3.05) is 14.1 Å². The zero-order valence-electron chi connectivity index (χ0n) is 8.30. The van der Waals surface area contributed by atoms with Gasteiger partial charge in [-0.25, -0.2) is 14.2 Å². The van der Waals surface area contributed by atoms with Gasteiger partial charge in [0.15, 0.2) is 0 Å². The summed E-state index contributed by atoms with van der Waals surface area (Å²) in [5.74, 6) is 0.214. The molecule has 1 heterocycles. The molecule has 0 radical (unpaired) electrons. The van der Waals surface area contributed by atoms with Crippen molar-refractivity contribution in [3.05, 3.63) is 0 Å². The van der Waals surface area contributed by atoms with Crippen molar-refractivity contribution in [2.45, 2.75) is 26.1 Å². The smallest absolute Gasteiger partial charge is 0.284 e. The van der Waals surface area contributed by atoms with Crippen molar-refractivity contribution in [2.24, 2.45) is 5.92 Å². The highest BCUT2D eigenvalue weighted by Crippen LogP contribution is 2.28. The van der Waals surface area contributed by atoms with E-state index in [0.29, 0.717) is 6.04 Å². The van der Waals surface area contributed by atoms with E-state index < -0.39 is 11.4 Å². The van der Waals surface area contributed by atoms with Gasteiger partial charge < -0.3 is 0 Å². The Morgan fingerprint density at radius 1 is 1.31 bits per heavy atom. The number of nitrogens with zero attached hydrogens (tertiary/aromatic N) is 2. The molecular weight excluding hydrogens is 192 g/mol. The van der Waals surface area contributed by atoms with Crippen LogP contribution in [0.3, 0.4) is 0 Å². The van der Waals surface area contributed by atoms with Crippen molar-refractivity contribution in [3.8, 4) is 0 Å². The highest BCUT2D eigenvalue weighted by atomic mass is 32.2. The molecule has 0 bridgehead atoms. The number of rotatable bonds is 2. The first-order valence-corrected chi connectivity index (χ1v) is 5.22. The van der Waals surface area contributed by atoms with E-state index in [-0.39, 0.29) is 12.1 Å². The van der Waals surface area contributed by atoms with Crippen molar-refractivity contribution < 1.29 is 12.9 Å². The Hall–Kier alpha value is -0.0100. The lowest BCUT2D eigenvalue weighted by Crippen LogP contribution is -2.38. The first-order chi connectivity index (χ1) is 5.95. The summed E-state index contributed by atoms with van der Waals surface area (Å²) >= 11 is -2.20. The molecule has 0 aromatic carbocycles. The maximum atomic E-state index is 10.5. The molecule has 0 saturated carbocycles. The largest absolute Gasteiger partial charge is 0.303 e. The molecule has 0 aromatic heterocycles. The zero-order valence-corrected chi connectivity index (χ0v) is 9.11. The molecule has 0 amide bonds. The van der Waals surface area contributed by atoms with E-state index in [1.807, 2.05) is 31.0 Å². The Bertz CT molecular complexity index is 200. The van der Waals surface area contributed by atoms with Gasteiger partial charge in [0.25, 0.3) is 0 Å². The van der Waals surface area contributed by atoms with Gasteiger partial charge in [0.2, 0.25) is 0 Å². The van der Waals surface area contributed by atoms with E-state index in [4.69, 9.17) is 8.74 Å². The lowest BCUT2D eigenvalue weighted by Gasteiger charge is -2.24. The Labute approximate surface area is 81.1 Å². The van der Waals surface area contributed by atoms with Gasteiger partial charge in [0.05, 0.1) is 0 Å². The molecule has 1 aliphatic rings. The van der Waals surface area contributed by atoms with Crippen LogP contribution in [-0.2, 0) is 15.5 Å². The van der Waals surface area contributed by atoms with Gasteiger partial charge in [-0.3, -0.25) is 4.55 Å². The van der Waals surface area contributed by atoms with Gasteiger partial charge >= 0.3 is 11.4 Å². The first-order valence-electron chi connectivity index (χ1n) is 4.18. The molecule has 1 aliphatic heterocycles. The van der Waals surface area contributed by atoms with Crippen LogP contribution in [0.15, 0.2) is 0 Å². The van der Waals surface area contributed by atoms with Gasteiger partial charge in [0, 0.05) is 26.1 Å². The fraction of sp³-hybridized carbons (Fsp3) is 1.00. The molecule has 1 N–H and O–H groups in total. The fourth-order valence-corrected chi connectivity index (χ4v) is 2.09. The van der Waals surface area contributed by atoms with Crippen molar-refractivity contribution in [1.82, 2.24) is 10.0 Å². The van der Waals surface area contributed by atoms with Crippen LogP contribution in [0.1, 0.15) is 13.8 Å². The third-order valence-corrected chi connectivity index (χ3v) is 3.21. The summed E-state index contributed by atoms with van der Waals surface area (Å²) in [6.45, 7) is 4.06. The Kier molecular flexibility index (Phi) is 3.42. The Morgan fingerprint density at radius 2 is 1.85 bits per heavy atom. The molecule has 6 heteroatoms. The monoisotopic (exact) mass is 208 g/mol. The first kappa shape index (κ1) is 11.1. The number of hydrogen-bond donors (Lipinski definition) is 1. The summed E-state index contributed by atoms with van der Waals surface area (Å²) in [7, 11) is 3.78. The Morgan fingerprint density at radius 3 is 2.15 bits per heavy atom. The normalized spacial score (nSPS) is 39.6. The van der Waals surface area contributed by atoms with Crippen LogP contribution in [0.5, 0.6) is 0 Å². The van der Waals surface area contributed by atoms with E-state index in [1.54, 1.807) is 0 Å². The molecule has 4 atom stereocenters. The fourth-order valence-electron chi connectivity index (χ4n) is 1.62. The second-order valence-corrected chi connectivity index (χ2v) is 4.08. The van der Waals surface area contributed by atoms with E-state index in [0.717, 1.165) is 0 Å². The predicted octanol–water partition coefficient (Wildman–Crippen LogP) is 0.283. The van der Waals surface area contributed by atoms with Gasteiger partial charge in [-0.1, -0.05) is 6.92 Å². The van der Waals surface area contributed by atoms with E-state index in [2.05, 4.69) is 6.92 Å². The maximum absolute atomic E-state index is 10.5. The molecule has 78 valence electrons. The van der Waals surface area contributed by atoms with Crippen molar-refractivity contribution in [3.63, 3.8) is 0 Å². The minimum atomic E-state index is -2.20. The van der Waals surface area contributed by atoms with Crippen LogP contribution in [0.2, 0.25) is 0 Å². The van der Waals surface area contributed by atoms with E-state index >= 15 is 0 Å². The van der Waals surface area contributed by atoms with Crippen LogP contribution in [0.4, 0.5) is 0 Å². The summed E-state index contributed by atoms with van der Waals surface area (Å²) in [5.41, 5.74) is 0. The van der Waals surface area contributed by atoms with Crippen LogP contribution in [0.25, 0.3) is 0 Å². The summed E-state index contributed by atoms with van der Waals surface area (Å²) < 4.78 is 24.0. The molecule has 0 spiro atoms. The van der Waals surface area contributed by atoms with Gasteiger partial charge in [-0.2, -0.15) is 4.21 Å². The van der Waals surface area contributed by atoms with Crippen molar-refractivity contribution >= 4 is 11.4 Å². The van der Waals surface area contributed by atoms with Gasteiger partial charge in [-0.15, -0.1) is 0 Å². The Balaban J connectivity index is 2.69. The highest BCUT2D eigenvalue weighted by Gasteiger charge is 2.40. The minimum absolute atomic E-state index is 0.214. The standard InChI is InChI=1S/C7H16N2O3S/c1-5-6(2)8(3)9(4)7(5)12-13(10)11/h5-7H,1-4H3,(H,10,11). The molecular formula is C7H16N2O3S. The summed E-state index contributed by atoms with van der Waals surface area (Å²) in [6, 6.07) is 0.318. The van der Waals surface area contributed by atoms with Gasteiger partial charge in [0.1, 0.15) is 6.23 Å². The van der Waals surface area contributed by atoms with Crippen molar-refractivity contribution in [1.29, 1.82) is 0 Å². The summed E-state index contributed by atoms with van der Waals surface area (Å²) in [6.07, 6.45) is -0.314. The third kappa shape index (κ3) is 2.08. The lowest BCUT2D eigenvalue weighted by molar-refractivity contribution is -0.0436. The average molecular weight is 208 g/mol. The van der Waals surface area contributed by atoms with E-state index in [9.17, 15) is 4.21 Å². The third-order valence-electron chi connectivity index (χ3n) is 2.85. The van der Waals surface area contributed by atoms with Crippen LogP contribution in [-0.4, -0.2) is 45.1 Å². The predicted molar refractivity (Wildman–Crippen MR) is 49.8 cm³/mol. The molecule has 4 unspecified atom stereocenters. The number of hydrazine groups is 1.